The third kappa shape index (κ3) is 3.39. The Labute approximate surface area is 121 Å². The van der Waals surface area contributed by atoms with Crippen LogP contribution in [-0.4, -0.2) is 20.9 Å². The number of hydrogen-bond acceptors (Lipinski definition) is 3. The zero-order valence-corrected chi connectivity index (χ0v) is 12.1. The largest absolute Gasteiger partial charge is 0.352 e. The lowest BCUT2D eigenvalue weighted by Crippen LogP contribution is -2.26. The molecule has 0 atom stereocenters. The number of carbonyl (C=O) groups is 1. The minimum atomic E-state index is -4.00. The van der Waals surface area contributed by atoms with Gasteiger partial charge in [-0.15, -0.1) is 0 Å². The third-order valence-electron chi connectivity index (χ3n) is 2.84. The summed E-state index contributed by atoms with van der Waals surface area (Å²) in [5.74, 6) is -0.00433. The molecule has 0 aromatic heterocycles. The molecule has 19 heavy (non-hydrogen) atoms. The molecule has 1 aliphatic carbocycles. The minimum Gasteiger partial charge on any atom is -0.352 e. The van der Waals surface area contributed by atoms with Crippen molar-refractivity contribution >= 4 is 39.1 Å². The number of nitrogens with two attached hydrogens (primary N) is 1. The number of primary sulfonamides is 1. The van der Waals surface area contributed by atoms with Crippen molar-refractivity contribution in [3.63, 3.8) is 0 Å². The standard InChI is InChI=1S/C11H12Cl2N2O3S/c12-7-3-4-8(19(14,17)18)10(13)9(7)11(16)15-5-6-1-2-6/h3-4,6H,1-2,5H2,(H,15,16)(H2,14,17,18). The predicted octanol–water partition coefficient (Wildman–Crippen LogP) is 1.78. The molecule has 1 aromatic carbocycles. The van der Waals surface area contributed by atoms with Gasteiger partial charge < -0.3 is 5.32 Å². The Bertz CT molecular complexity index is 627. The second-order valence-electron chi connectivity index (χ2n) is 4.43. The van der Waals surface area contributed by atoms with E-state index < -0.39 is 15.9 Å². The van der Waals surface area contributed by atoms with Crippen molar-refractivity contribution in [2.45, 2.75) is 17.7 Å². The first kappa shape index (κ1) is 14.6. The molecule has 0 radical (unpaired) electrons. The molecule has 1 fully saturated rings. The van der Waals surface area contributed by atoms with Crippen molar-refractivity contribution in [3.8, 4) is 0 Å². The van der Waals surface area contributed by atoms with Gasteiger partial charge in [0.05, 0.1) is 15.6 Å². The molecule has 1 amide bonds. The lowest BCUT2D eigenvalue weighted by atomic mass is 10.2. The molecule has 8 heteroatoms. The van der Waals surface area contributed by atoms with E-state index in [9.17, 15) is 13.2 Å². The molecule has 2 rings (SSSR count). The maximum atomic E-state index is 12.0. The van der Waals surface area contributed by atoms with Crippen LogP contribution in [-0.2, 0) is 10.0 Å². The number of benzene rings is 1. The lowest BCUT2D eigenvalue weighted by molar-refractivity contribution is 0.0952. The Kier molecular flexibility index (Phi) is 4.06. The van der Waals surface area contributed by atoms with Crippen LogP contribution in [0, 0.1) is 5.92 Å². The van der Waals surface area contributed by atoms with Gasteiger partial charge in [0.1, 0.15) is 4.90 Å². The number of nitrogens with one attached hydrogen (secondary N) is 1. The SMILES string of the molecule is NS(=O)(=O)c1ccc(Cl)c(C(=O)NCC2CC2)c1Cl. The van der Waals surface area contributed by atoms with Gasteiger partial charge in [-0.25, -0.2) is 13.6 Å². The maximum absolute atomic E-state index is 12.0. The first-order valence-electron chi connectivity index (χ1n) is 5.59. The fourth-order valence-corrected chi connectivity index (χ4v) is 3.08. The summed E-state index contributed by atoms with van der Waals surface area (Å²) in [6.45, 7) is 0.533. The number of sulfonamides is 1. The Morgan fingerprint density at radius 2 is 2.00 bits per heavy atom. The first-order chi connectivity index (χ1) is 8.80. The fraction of sp³-hybridized carbons (Fsp3) is 0.364. The quantitative estimate of drug-likeness (QED) is 0.885. The van der Waals surface area contributed by atoms with Gasteiger partial charge >= 0.3 is 0 Å². The highest BCUT2D eigenvalue weighted by atomic mass is 35.5. The average molecular weight is 323 g/mol. The van der Waals surface area contributed by atoms with E-state index in [1.165, 1.54) is 12.1 Å². The van der Waals surface area contributed by atoms with Crippen molar-refractivity contribution in [1.82, 2.24) is 5.32 Å². The van der Waals surface area contributed by atoms with Crippen LogP contribution in [0.3, 0.4) is 0 Å². The summed E-state index contributed by atoms with van der Waals surface area (Å²) in [5, 5.41) is 7.54. The summed E-state index contributed by atoms with van der Waals surface area (Å²) >= 11 is 11.8. The van der Waals surface area contributed by atoms with E-state index in [-0.39, 0.29) is 20.5 Å². The van der Waals surface area contributed by atoms with Gasteiger partial charge in [0.2, 0.25) is 10.0 Å². The highest BCUT2D eigenvalue weighted by molar-refractivity contribution is 7.89. The maximum Gasteiger partial charge on any atom is 0.254 e. The van der Waals surface area contributed by atoms with Crippen LogP contribution in [0.2, 0.25) is 10.0 Å². The predicted molar refractivity (Wildman–Crippen MR) is 72.9 cm³/mol. The van der Waals surface area contributed by atoms with Crippen molar-refractivity contribution in [2.75, 3.05) is 6.54 Å². The van der Waals surface area contributed by atoms with E-state index in [0.717, 1.165) is 12.8 Å². The van der Waals surface area contributed by atoms with E-state index in [0.29, 0.717) is 12.5 Å². The third-order valence-corrected chi connectivity index (χ3v) is 4.61. The van der Waals surface area contributed by atoms with Crippen LogP contribution in [0.25, 0.3) is 0 Å². The number of rotatable bonds is 4. The van der Waals surface area contributed by atoms with E-state index in [1.807, 2.05) is 0 Å². The highest BCUT2D eigenvalue weighted by Gasteiger charge is 2.25. The molecule has 0 unspecified atom stereocenters. The van der Waals surface area contributed by atoms with Gasteiger partial charge in [0.15, 0.2) is 0 Å². The minimum absolute atomic E-state index is 0.0597. The van der Waals surface area contributed by atoms with Gasteiger partial charge in [0, 0.05) is 6.54 Å². The zero-order valence-electron chi connectivity index (χ0n) is 9.82. The average Bonchev–Trinajstić information content (AvgIpc) is 3.08. The van der Waals surface area contributed by atoms with Crippen molar-refractivity contribution in [2.24, 2.45) is 11.1 Å². The summed E-state index contributed by atoms with van der Waals surface area (Å²) in [7, 11) is -4.00. The molecule has 1 aliphatic rings. The zero-order chi connectivity index (χ0) is 14.2. The second-order valence-corrected chi connectivity index (χ2v) is 6.75. The summed E-state index contributed by atoms with van der Waals surface area (Å²) in [6.07, 6.45) is 2.16. The van der Waals surface area contributed by atoms with Gasteiger partial charge in [-0.05, 0) is 30.9 Å². The van der Waals surface area contributed by atoms with E-state index in [1.54, 1.807) is 0 Å². The van der Waals surface area contributed by atoms with Gasteiger partial charge in [-0.3, -0.25) is 4.79 Å². The normalized spacial score (nSPS) is 15.3. The molecular weight excluding hydrogens is 311 g/mol. The molecule has 0 saturated heterocycles. The number of hydrogen-bond donors (Lipinski definition) is 2. The molecular formula is C11H12Cl2N2O3S. The van der Waals surface area contributed by atoms with Gasteiger partial charge in [-0.2, -0.15) is 0 Å². The number of amides is 1. The molecule has 0 aliphatic heterocycles. The molecule has 1 aromatic rings. The highest BCUT2D eigenvalue weighted by Crippen LogP contribution is 2.31. The van der Waals surface area contributed by atoms with Gasteiger partial charge in [0.25, 0.3) is 5.91 Å². The Morgan fingerprint density at radius 1 is 1.37 bits per heavy atom. The summed E-state index contributed by atoms with van der Waals surface area (Å²) < 4.78 is 22.7. The van der Waals surface area contributed by atoms with Gasteiger partial charge in [-0.1, -0.05) is 23.2 Å². The van der Waals surface area contributed by atoms with E-state index in [4.69, 9.17) is 28.3 Å². The summed E-state index contributed by atoms with van der Waals surface area (Å²) in [4.78, 5) is 11.7. The monoisotopic (exact) mass is 322 g/mol. The summed E-state index contributed by atoms with van der Waals surface area (Å²) in [6, 6.07) is 2.47. The lowest BCUT2D eigenvalue weighted by Gasteiger charge is -2.10. The van der Waals surface area contributed by atoms with Crippen LogP contribution in [0.5, 0.6) is 0 Å². The molecule has 5 nitrogen and oxygen atoms in total. The Balaban J connectivity index is 2.34. The van der Waals surface area contributed by atoms with E-state index >= 15 is 0 Å². The Morgan fingerprint density at radius 3 is 2.53 bits per heavy atom. The smallest absolute Gasteiger partial charge is 0.254 e. The van der Waals surface area contributed by atoms with Crippen LogP contribution in [0.4, 0.5) is 0 Å². The molecule has 104 valence electrons. The van der Waals surface area contributed by atoms with Crippen LogP contribution < -0.4 is 10.5 Å². The number of carbonyl (C=O) groups excluding carboxylic acids is 1. The molecule has 0 bridgehead atoms. The van der Waals surface area contributed by atoms with Crippen LogP contribution in [0.15, 0.2) is 17.0 Å². The number of halogens is 2. The fourth-order valence-electron chi connectivity index (χ4n) is 1.61. The summed E-state index contributed by atoms with van der Waals surface area (Å²) in [5.41, 5.74) is -0.0597. The van der Waals surface area contributed by atoms with Crippen molar-refractivity contribution < 1.29 is 13.2 Å². The second kappa shape index (κ2) is 5.28. The van der Waals surface area contributed by atoms with Crippen molar-refractivity contribution in [3.05, 3.63) is 27.7 Å². The molecule has 0 spiro atoms. The Hall–Kier alpha value is -0.820. The van der Waals surface area contributed by atoms with Crippen LogP contribution >= 0.6 is 23.2 Å². The molecule has 3 N–H and O–H groups in total. The van der Waals surface area contributed by atoms with Crippen molar-refractivity contribution in [1.29, 1.82) is 0 Å². The van der Waals surface area contributed by atoms with E-state index in [2.05, 4.69) is 5.32 Å². The first-order valence-corrected chi connectivity index (χ1v) is 7.90. The molecule has 1 saturated carbocycles. The topological polar surface area (TPSA) is 89.3 Å². The molecule has 0 heterocycles. The van der Waals surface area contributed by atoms with Crippen LogP contribution in [0.1, 0.15) is 23.2 Å².